The molecule has 1 unspecified atom stereocenters. The molecule has 112 valence electrons. The SMILES string of the molecule is Cc1ccc(OC2=CCCC([Se]c3ccccc3)C2=O)cc1. The molecule has 2 aromatic rings. The first-order valence-corrected chi connectivity index (χ1v) is 9.27. The number of allylic oxidation sites excluding steroid dienone is 2. The van der Waals surface area contributed by atoms with Crippen LogP contribution < -0.4 is 9.20 Å². The number of carbonyl (C=O) groups excluding carboxylic acids is 1. The summed E-state index contributed by atoms with van der Waals surface area (Å²) >= 11 is 0.161. The summed E-state index contributed by atoms with van der Waals surface area (Å²) in [6.07, 6.45) is 3.76. The van der Waals surface area contributed by atoms with Crippen LogP contribution in [-0.4, -0.2) is 20.7 Å². The Labute approximate surface area is 137 Å². The third kappa shape index (κ3) is 3.68. The third-order valence-electron chi connectivity index (χ3n) is 3.56. The summed E-state index contributed by atoms with van der Waals surface area (Å²) in [5, 5.41) is 0. The fraction of sp³-hybridized carbons (Fsp3) is 0.211. The van der Waals surface area contributed by atoms with Gasteiger partial charge in [-0.15, -0.1) is 0 Å². The topological polar surface area (TPSA) is 26.3 Å². The van der Waals surface area contributed by atoms with Gasteiger partial charge >= 0.3 is 137 Å². The van der Waals surface area contributed by atoms with Crippen molar-refractivity contribution in [1.29, 1.82) is 0 Å². The van der Waals surface area contributed by atoms with Crippen LogP contribution in [0.5, 0.6) is 5.75 Å². The van der Waals surface area contributed by atoms with E-state index in [4.69, 9.17) is 4.74 Å². The van der Waals surface area contributed by atoms with Crippen molar-refractivity contribution in [2.75, 3.05) is 0 Å². The second kappa shape index (κ2) is 6.95. The maximum atomic E-state index is 12.6. The van der Waals surface area contributed by atoms with Crippen LogP contribution in [0.2, 0.25) is 4.82 Å². The predicted molar refractivity (Wildman–Crippen MR) is 89.7 cm³/mol. The van der Waals surface area contributed by atoms with E-state index in [0.717, 1.165) is 18.6 Å². The minimum absolute atomic E-state index is 0.0837. The van der Waals surface area contributed by atoms with Crippen LogP contribution in [0.3, 0.4) is 0 Å². The van der Waals surface area contributed by atoms with Crippen LogP contribution in [-0.2, 0) is 4.79 Å². The second-order valence-corrected chi connectivity index (χ2v) is 8.02. The van der Waals surface area contributed by atoms with Crippen LogP contribution >= 0.6 is 0 Å². The van der Waals surface area contributed by atoms with Gasteiger partial charge in [-0.2, -0.15) is 0 Å². The molecule has 0 spiro atoms. The van der Waals surface area contributed by atoms with Gasteiger partial charge in [-0.05, 0) is 0 Å². The summed E-state index contributed by atoms with van der Waals surface area (Å²) in [5.74, 6) is 1.40. The van der Waals surface area contributed by atoms with E-state index in [0.29, 0.717) is 5.76 Å². The quantitative estimate of drug-likeness (QED) is 0.784. The Bertz CT molecular complexity index is 674. The van der Waals surface area contributed by atoms with Gasteiger partial charge in [0.05, 0.1) is 0 Å². The van der Waals surface area contributed by atoms with E-state index in [9.17, 15) is 4.79 Å². The number of ether oxygens (including phenoxy) is 1. The van der Waals surface area contributed by atoms with E-state index in [1.54, 1.807) is 0 Å². The van der Waals surface area contributed by atoms with Gasteiger partial charge in [-0.1, -0.05) is 0 Å². The number of ketones is 1. The first kappa shape index (κ1) is 15.1. The fourth-order valence-corrected chi connectivity index (χ4v) is 4.71. The van der Waals surface area contributed by atoms with Gasteiger partial charge in [0.2, 0.25) is 0 Å². The van der Waals surface area contributed by atoms with Crippen molar-refractivity contribution in [3.8, 4) is 5.75 Å². The molecule has 0 saturated heterocycles. The summed E-state index contributed by atoms with van der Waals surface area (Å²) in [5.41, 5.74) is 1.18. The van der Waals surface area contributed by atoms with Crippen molar-refractivity contribution in [1.82, 2.24) is 0 Å². The molecule has 1 aliphatic rings. The summed E-state index contributed by atoms with van der Waals surface area (Å²) in [7, 11) is 0. The van der Waals surface area contributed by atoms with E-state index < -0.39 is 0 Å². The second-order valence-electron chi connectivity index (χ2n) is 5.34. The number of hydrogen-bond acceptors (Lipinski definition) is 2. The normalized spacial score (nSPS) is 18.0. The van der Waals surface area contributed by atoms with Crippen LogP contribution in [0.25, 0.3) is 0 Å². The van der Waals surface area contributed by atoms with E-state index >= 15 is 0 Å². The molecule has 3 heteroatoms. The maximum absolute atomic E-state index is 12.6. The Morgan fingerprint density at radius 1 is 1.05 bits per heavy atom. The number of rotatable bonds is 4. The van der Waals surface area contributed by atoms with E-state index in [2.05, 4.69) is 12.1 Å². The van der Waals surface area contributed by atoms with Gasteiger partial charge in [-0.25, -0.2) is 0 Å². The Morgan fingerprint density at radius 3 is 2.50 bits per heavy atom. The van der Waals surface area contributed by atoms with Gasteiger partial charge in [0.25, 0.3) is 0 Å². The molecule has 2 nitrogen and oxygen atoms in total. The standard InChI is InChI=1S/C19H18O2Se/c1-14-10-12-15(13-11-14)21-17-8-5-9-18(19(17)20)22-16-6-3-2-4-7-16/h2-4,6-8,10-13,18H,5,9H2,1H3. The molecule has 0 aromatic heterocycles. The molecular formula is C19H18O2Se. The third-order valence-corrected chi connectivity index (χ3v) is 6.25. The molecule has 0 radical (unpaired) electrons. The first-order valence-electron chi connectivity index (χ1n) is 7.43. The molecule has 1 atom stereocenters. The molecule has 2 aromatic carbocycles. The van der Waals surface area contributed by atoms with Gasteiger partial charge in [-0.3, -0.25) is 0 Å². The van der Waals surface area contributed by atoms with Crippen LogP contribution in [0.15, 0.2) is 66.4 Å². The van der Waals surface area contributed by atoms with E-state index in [-0.39, 0.29) is 25.6 Å². The summed E-state index contributed by atoms with van der Waals surface area (Å²) in [6.45, 7) is 2.03. The van der Waals surface area contributed by atoms with Crippen molar-refractivity contribution in [3.05, 3.63) is 72.0 Å². The van der Waals surface area contributed by atoms with Crippen LogP contribution in [0.4, 0.5) is 0 Å². The number of benzene rings is 2. The number of carbonyl (C=O) groups is 1. The molecule has 3 rings (SSSR count). The van der Waals surface area contributed by atoms with Crippen molar-refractivity contribution in [2.24, 2.45) is 0 Å². The van der Waals surface area contributed by atoms with Gasteiger partial charge in [0.1, 0.15) is 0 Å². The van der Waals surface area contributed by atoms with E-state index in [1.807, 2.05) is 55.5 Å². The Balaban J connectivity index is 1.69. The van der Waals surface area contributed by atoms with Gasteiger partial charge < -0.3 is 0 Å². The molecule has 0 bridgehead atoms. The zero-order valence-corrected chi connectivity index (χ0v) is 14.2. The molecule has 1 aliphatic carbocycles. The van der Waals surface area contributed by atoms with Gasteiger partial charge in [0, 0.05) is 0 Å². The van der Waals surface area contributed by atoms with E-state index in [1.165, 1.54) is 10.0 Å². The molecule has 0 amide bonds. The van der Waals surface area contributed by atoms with Gasteiger partial charge in [0.15, 0.2) is 0 Å². The minimum atomic E-state index is 0.0837. The van der Waals surface area contributed by atoms with Crippen LogP contribution in [0.1, 0.15) is 18.4 Å². The Morgan fingerprint density at radius 2 is 1.77 bits per heavy atom. The summed E-state index contributed by atoms with van der Waals surface area (Å²) in [6, 6.07) is 18.1. The molecule has 0 aliphatic heterocycles. The summed E-state index contributed by atoms with van der Waals surface area (Å²) < 4.78 is 7.08. The summed E-state index contributed by atoms with van der Waals surface area (Å²) in [4.78, 5) is 12.7. The molecular weight excluding hydrogens is 339 g/mol. The van der Waals surface area contributed by atoms with Crippen molar-refractivity contribution in [3.63, 3.8) is 0 Å². The monoisotopic (exact) mass is 358 g/mol. The average molecular weight is 357 g/mol. The first-order chi connectivity index (χ1) is 10.7. The van der Waals surface area contributed by atoms with Crippen molar-refractivity contribution < 1.29 is 9.53 Å². The zero-order valence-electron chi connectivity index (χ0n) is 12.5. The molecule has 0 N–H and O–H groups in total. The van der Waals surface area contributed by atoms with Crippen molar-refractivity contribution in [2.45, 2.75) is 24.6 Å². The fourth-order valence-electron chi connectivity index (χ4n) is 2.36. The molecule has 0 heterocycles. The predicted octanol–water partition coefficient (Wildman–Crippen LogP) is 3.44. The van der Waals surface area contributed by atoms with Crippen LogP contribution in [0, 0.1) is 6.92 Å². The Hall–Kier alpha value is -1.83. The molecule has 22 heavy (non-hydrogen) atoms. The number of Topliss-reactive ketones (excluding diaryl/α,β-unsaturated/α-hetero) is 1. The zero-order chi connectivity index (χ0) is 15.4. The number of hydrogen-bond donors (Lipinski definition) is 0. The van der Waals surface area contributed by atoms with Crippen molar-refractivity contribution >= 4 is 25.2 Å². The Kier molecular flexibility index (Phi) is 4.77. The molecule has 0 saturated carbocycles. The average Bonchev–Trinajstić information content (AvgIpc) is 2.54. The number of aryl methyl sites for hydroxylation is 1. The molecule has 0 fully saturated rings.